The van der Waals surface area contributed by atoms with Crippen LogP contribution in [0.15, 0.2) is 84.9 Å². The normalized spacial score (nSPS) is 11.2. The first-order chi connectivity index (χ1) is 22.0. The molecule has 4 aromatic carbocycles. The molecule has 0 aliphatic carbocycles. The Bertz CT molecular complexity index is 1290. The zero-order valence-corrected chi connectivity index (χ0v) is 28.3. The molecule has 2 heteroatoms. The fourth-order valence-corrected chi connectivity index (χ4v) is 6.47. The van der Waals surface area contributed by atoms with Crippen molar-refractivity contribution in [1.29, 1.82) is 0 Å². The van der Waals surface area contributed by atoms with Crippen molar-refractivity contribution >= 4 is 11.4 Å². The van der Waals surface area contributed by atoms with Crippen molar-refractivity contribution in [1.82, 2.24) is 0 Å². The summed E-state index contributed by atoms with van der Waals surface area (Å²) in [5, 5.41) is 0. The van der Waals surface area contributed by atoms with E-state index in [0.29, 0.717) is 0 Å². The molecule has 0 heterocycles. The van der Waals surface area contributed by atoms with Gasteiger partial charge >= 0.3 is 0 Å². The molecule has 0 fully saturated rings. The topological polar surface area (TPSA) is 52.0 Å². The van der Waals surface area contributed by atoms with E-state index >= 15 is 0 Å². The van der Waals surface area contributed by atoms with Gasteiger partial charge in [0.2, 0.25) is 0 Å². The van der Waals surface area contributed by atoms with E-state index in [1.807, 2.05) is 24.3 Å². The highest BCUT2D eigenvalue weighted by Gasteiger charge is 2.08. The molecule has 4 rings (SSSR count). The number of hydrogen-bond donors (Lipinski definition) is 2. The summed E-state index contributed by atoms with van der Waals surface area (Å²) in [5.41, 5.74) is 25.2. The number of rotatable bonds is 20. The van der Waals surface area contributed by atoms with Crippen LogP contribution in [0.3, 0.4) is 0 Å². The van der Waals surface area contributed by atoms with Gasteiger partial charge in [-0.15, -0.1) is 0 Å². The molecule has 2 nitrogen and oxygen atoms in total. The molecule has 240 valence electrons. The van der Waals surface area contributed by atoms with Crippen molar-refractivity contribution < 1.29 is 0 Å². The lowest BCUT2D eigenvalue weighted by Crippen LogP contribution is -1.99. The zero-order chi connectivity index (χ0) is 31.7. The van der Waals surface area contributed by atoms with E-state index in [4.69, 9.17) is 11.5 Å². The van der Waals surface area contributed by atoms with Crippen molar-refractivity contribution in [2.24, 2.45) is 0 Å². The number of aryl methyl sites for hydroxylation is 4. The maximum atomic E-state index is 5.90. The standard InChI is InChI=1S/C43H58N2/c1-3-5-16-38-30-34(18-24-40(38)32-36-20-26-42(44)27-21-36)14-12-10-8-7-9-11-13-15-35-19-25-41(39(31-35)17-6-4-2)33-37-22-28-43(45)29-23-37/h18-31H,3-17,32-33,44-45H2,1-2H3. The molecular weight excluding hydrogens is 544 g/mol. The van der Waals surface area contributed by atoms with Gasteiger partial charge in [-0.2, -0.15) is 0 Å². The summed E-state index contributed by atoms with van der Waals surface area (Å²) in [6, 6.07) is 31.3. The number of anilines is 2. The van der Waals surface area contributed by atoms with Gasteiger partial charge in [-0.25, -0.2) is 0 Å². The highest BCUT2D eigenvalue weighted by Crippen LogP contribution is 2.23. The van der Waals surface area contributed by atoms with E-state index in [9.17, 15) is 0 Å². The van der Waals surface area contributed by atoms with Gasteiger partial charge in [0.05, 0.1) is 0 Å². The Hall–Kier alpha value is -3.52. The first-order valence-corrected chi connectivity index (χ1v) is 17.9. The smallest absolute Gasteiger partial charge is 0.0314 e. The third kappa shape index (κ3) is 12.1. The highest BCUT2D eigenvalue weighted by atomic mass is 14.5. The fourth-order valence-electron chi connectivity index (χ4n) is 6.47. The van der Waals surface area contributed by atoms with Crippen LogP contribution in [0.1, 0.15) is 129 Å². The molecule has 0 saturated heterocycles. The summed E-state index contributed by atoms with van der Waals surface area (Å²) in [4.78, 5) is 0. The minimum absolute atomic E-state index is 0.837. The van der Waals surface area contributed by atoms with Crippen LogP contribution in [0.5, 0.6) is 0 Å². The van der Waals surface area contributed by atoms with Gasteiger partial charge in [0.1, 0.15) is 0 Å². The third-order valence-corrected chi connectivity index (χ3v) is 9.32. The number of unbranched alkanes of at least 4 members (excludes halogenated alkanes) is 8. The SMILES string of the molecule is CCCCc1cc(CCCCCCCCCc2ccc(Cc3ccc(N)cc3)c(CCCC)c2)ccc1Cc1ccc(N)cc1. The second-order valence-corrected chi connectivity index (χ2v) is 13.2. The second-order valence-electron chi connectivity index (χ2n) is 13.2. The molecule has 0 unspecified atom stereocenters. The van der Waals surface area contributed by atoms with Crippen LogP contribution in [0, 0.1) is 0 Å². The van der Waals surface area contributed by atoms with E-state index < -0.39 is 0 Å². The number of nitrogens with two attached hydrogens (primary N) is 2. The lowest BCUT2D eigenvalue weighted by molar-refractivity contribution is 0.579. The van der Waals surface area contributed by atoms with Gasteiger partial charge in [0.15, 0.2) is 0 Å². The molecule has 45 heavy (non-hydrogen) atoms. The Morgan fingerprint density at radius 2 is 0.711 bits per heavy atom. The summed E-state index contributed by atoms with van der Waals surface area (Å²) in [5.74, 6) is 0. The van der Waals surface area contributed by atoms with Crippen LogP contribution in [-0.2, 0) is 38.5 Å². The van der Waals surface area contributed by atoms with Crippen molar-refractivity contribution in [3.05, 3.63) is 129 Å². The Kier molecular flexibility index (Phi) is 14.6. The molecule has 0 aromatic heterocycles. The molecule has 0 aliphatic heterocycles. The Balaban J connectivity index is 1.15. The summed E-state index contributed by atoms with van der Waals surface area (Å²) < 4.78 is 0. The number of nitrogen functional groups attached to an aromatic ring is 2. The average molecular weight is 603 g/mol. The van der Waals surface area contributed by atoms with E-state index in [1.165, 1.54) is 130 Å². The molecular formula is C43H58N2. The van der Waals surface area contributed by atoms with Gasteiger partial charge < -0.3 is 11.5 Å². The van der Waals surface area contributed by atoms with Gasteiger partial charge in [0.25, 0.3) is 0 Å². The Morgan fingerprint density at radius 3 is 1.09 bits per heavy atom. The zero-order valence-electron chi connectivity index (χ0n) is 28.3. The molecule has 0 spiro atoms. The minimum atomic E-state index is 0.837. The molecule has 0 saturated carbocycles. The fraction of sp³-hybridized carbons (Fsp3) is 0.442. The molecule has 0 radical (unpaired) electrons. The van der Waals surface area contributed by atoms with Crippen LogP contribution < -0.4 is 11.5 Å². The average Bonchev–Trinajstić information content (AvgIpc) is 3.05. The second kappa shape index (κ2) is 19.1. The van der Waals surface area contributed by atoms with Crippen LogP contribution in [0.25, 0.3) is 0 Å². The highest BCUT2D eigenvalue weighted by molar-refractivity contribution is 5.43. The van der Waals surface area contributed by atoms with E-state index in [-0.39, 0.29) is 0 Å². The first-order valence-electron chi connectivity index (χ1n) is 17.9. The molecule has 4 N–H and O–H groups in total. The lowest BCUT2D eigenvalue weighted by atomic mass is 9.93. The number of hydrogen-bond acceptors (Lipinski definition) is 2. The van der Waals surface area contributed by atoms with Gasteiger partial charge in [-0.3, -0.25) is 0 Å². The maximum Gasteiger partial charge on any atom is 0.0314 e. The summed E-state index contributed by atoms with van der Waals surface area (Å²) >= 11 is 0. The molecule has 0 amide bonds. The van der Waals surface area contributed by atoms with E-state index in [0.717, 1.165) is 24.2 Å². The van der Waals surface area contributed by atoms with E-state index in [1.54, 1.807) is 11.1 Å². The van der Waals surface area contributed by atoms with Gasteiger partial charge in [-0.1, -0.05) is 119 Å². The monoisotopic (exact) mass is 602 g/mol. The summed E-state index contributed by atoms with van der Waals surface area (Å²) in [6.45, 7) is 4.57. The summed E-state index contributed by atoms with van der Waals surface area (Å²) in [7, 11) is 0. The predicted molar refractivity (Wildman–Crippen MR) is 197 cm³/mol. The third-order valence-electron chi connectivity index (χ3n) is 9.32. The van der Waals surface area contributed by atoms with Crippen molar-refractivity contribution in [2.45, 2.75) is 123 Å². The van der Waals surface area contributed by atoms with Crippen LogP contribution >= 0.6 is 0 Å². The van der Waals surface area contributed by atoms with Crippen molar-refractivity contribution in [3.8, 4) is 0 Å². The van der Waals surface area contributed by atoms with Crippen LogP contribution in [-0.4, -0.2) is 0 Å². The molecule has 4 aromatic rings. The maximum absolute atomic E-state index is 5.90. The quantitative estimate of drug-likeness (QED) is 0.0781. The van der Waals surface area contributed by atoms with Crippen molar-refractivity contribution in [3.63, 3.8) is 0 Å². The van der Waals surface area contributed by atoms with Crippen molar-refractivity contribution in [2.75, 3.05) is 11.5 Å². The molecule has 0 atom stereocenters. The number of benzene rings is 4. The summed E-state index contributed by atoms with van der Waals surface area (Å²) in [6.07, 6.45) is 21.1. The Morgan fingerprint density at radius 1 is 0.356 bits per heavy atom. The largest absolute Gasteiger partial charge is 0.399 e. The first kappa shape index (κ1) is 34.4. The molecule has 0 aliphatic rings. The minimum Gasteiger partial charge on any atom is -0.399 e. The Labute approximate surface area is 274 Å². The van der Waals surface area contributed by atoms with Gasteiger partial charge in [-0.05, 0) is 133 Å². The van der Waals surface area contributed by atoms with Crippen LogP contribution in [0.4, 0.5) is 11.4 Å². The predicted octanol–water partition coefficient (Wildman–Crippen LogP) is 11.2. The van der Waals surface area contributed by atoms with Gasteiger partial charge in [0, 0.05) is 11.4 Å². The lowest BCUT2D eigenvalue weighted by Gasteiger charge is -2.13. The van der Waals surface area contributed by atoms with E-state index in [2.05, 4.69) is 74.5 Å². The molecule has 0 bridgehead atoms. The van der Waals surface area contributed by atoms with Crippen LogP contribution in [0.2, 0.25) is 0 Å².